The van der Waals surface area contributed by atoms with Gasteiger partial charge < -0.3 is 0 Å². The molecule has 8 heteroatoms. The Morgan fingerprint density at radius 1 is 0.600 bits per heavy atom. The van der Waals surface area contributed by atoms with Crippen LogP contribution >= 0.6 is 94.1 Å². The average molecular weight is 411 g/mol. The summed E-state index contributed by atoms with van der Waals surface area (Å²) < 4.78 is 10.6. The minimum Gasteiger partial charge on any atom is -0.116 e. The van der Waals surface area contributed by atoms with Crippen molar-refractivity contribution in [2.45, 2.75) is 13.8 Å². The van der Waals surface area contributed by atoms with E-state index in [4.69, 9.17) is 0 Å². The third kappa shape index (κ3) is 2.92. The van der Waals surface area contributed by atoms with Crippen molar-refractivity contribution in [3.63, 3.8) is 0 Å². The first-order chi connectivity index (χ1) is 9.70. The van der Waals surface area contributed by atoms with Gasteiger partial charge in [-0.15, -0.1) is 23.5 Å². The van der Waals surface area contributed by atoms with Crippen LogP contribution in [0.5, 0.6) is 0 Å². The molecule has 0 saturated heterocycles. The van der Waals surface area contributed by atoms with E-state index in [0.717, 1.165) is 0 Å². The van der Waals surface area contributed by atoms with Crippen LogP contribution in [0.4, 0.5) is 0 Å². The monoisotopic (exact) mass is 410 g/mol. The Morgan fingerprint density at radius 2 is 1.00 bits per heavy atom. The standard InChI is InChI=1S/C12H10S8/c1-5(2)6-15-9-10(16-6)20-12(19-9)11-17-7-8(18-11)14-4-3-13-7/h3-4H2,1-2H3. The van der Waals surface area contributed by atoms with Crippen LogP contribution in [-0.2, 0) is 0 Å². The third-order valence-electron chi connectivity index (χ3n) is 2.57. The van der Waals surface area contributed by atoms with E-state index in [0.29, 0.717) is 0 Å². The van der Waals surface area contributed by atoms with Crippen LogP contribution in [0.2, 0.25) is 0 Å². The molecular formula is C12H10S8. The van der Waals surface area contributed by atoms with Crippen molar-refractivity contribution < 1.29 is 0 Å². The van der Waals surface area contributed by atoms with Crippen molar-refractivity contribution in [2.24, 2.45) is 0 Å². The van der Waals surface area contributed by atoms with E-state index in [9.17, 15) is 0 Å². The van der Waals surface area contributed by atoms with E-state index in [1.54, 1.807) is 8.47 Å². The van der Waals surface area contributed by atoms with Crippen LogP contribution in [-0.4, -0.2) is 11.5 Å². The molecule has 0 unspecified atom stereocenters. The van der Waals surface area contributed by atoms with E-state index in [-0.39, 0.29) is 0 Å². The summed E-state index contributed by atoms with van der Waals surface area (Å²) in [5, 5.41) is 0. The third-order valence-corrected chi connectivity index (χ3v) is 14.9. The van der Waals surface area contributed by atoms with Crippen LogP contribution < -0.4 is 0 Å². The first-order valence-corrected chi connectivity index (χ1v) is 12.8. The summed E-state index contributed by atoms with van der Waals surface area (Å²) in [5.74, 6) is 2.54. The van der Waals surface area contributed by atoms with Crippen LogP contribution in [0.1, 0.15) is 13.8 Å². The summed E-state index contributed by atoms with van der Waals surface area (Å²) in [4.78, 5) is 0. The quantitative estimate of drug-likeness (QED) is 0.396. The lowest BCUT2D eigenvalue weighted by atomic mass is 10.4. The minimum absolute atomic E-state index is 1.27. The van der Waals surface area contributed by atoms with E-state index in [2.05, 4.69) is 13.8 Å². The molecule has 0 aromatic rings. The number of hydrogen-bond acceptors (Lipinski definition) is 8. The molecule has 0 radical (unpaired) electrons. The first-order valence-electron chi connectivity index (χ1n) is 5.94. The second-order valence-corrected chi connectivity index (χ2v) is 14.5. The predicted molar refractivity (Wildman–Crippen MR) is 110 cm³/mol. The molecule has 0 bridgehead atoms. The highest BCUT2D eigenvalue weighted by atomic mass is 32.3. The fourth-order valence-electron chi connectivity index (χ4n) is 1.68. The van der Waals surface area contributed by atoms with Crippen LogP contribution in [0.3, 0.4) is 0 Å². The summed E-state index contributed by atoms with van der Waals surface area (Å²) in [6.45, 7) is 4.42. The van der Waals surface area contributed by atoms with Gasteiger partial charge in [-0.2, -0.15) is 0 Å². The molecule has 4 aliphatic rings. The van der Waals surface area contributed by atoms with Crippen molar-refractivity contribution in [3.05, 3.63) is 35.2 Å². The van der Waals surface area contributed by atoms with Gasteiger partial charge in [-0.05, 0) is 13.8 Å². The molecule has 0 atom stereocenters. The Kier molecular flexibility index (Phi) is 4.85. The Bertz CT molecular complexity index is 563. The minimum atomic E-state index is 1.27. The van der Waals surface area contributed by atoms with Crippen molar-refractivity contribution in [2.75, 3.05) is 11.5 Å². The van der Waals surface area contributed by atoms with Gasteiger partial charge in [0, 0.05) is 15.7 Å². The van der Waals surface area contributed by atoms with Crippen molar-refractivity contribution >= 4 is 94.1 Å². The highest BCUT2D eigenvalue weighted by molar-refractivity contribution is 8.49. The summed E-state index contributed by atoms with van der Waals surface area (Å²) in [5.41, 5.74) is 1.44. The molecule has 106 valence electrons. The van der Waals surface area contributed by atoms with Gasteiger partial charge in [0.1, 0.15) is 0 Å². The lowest BCUT2D eigenvalue weighted by Crippen LogP contribution is -1.88. The van der Waals surface area contributed by atoms with Crippen molar-refractivity contribution in [1.29, 1.82) is 0 Å². The van der Waals surface area contributed by atoms with Gasteiger partial charge in [-0.1, -0.05) is 76.1 Å². The van der Waals surface area contributed by atoms with E-state index in [1.165, 1.54) is 38.3 Å². The van der Waals surface area contributed by atoms with E-state index in [1.807, 2.05) is 94.1 Å². The van der Waals surface area contributed by atoms with Crippen LogP contribution in [0, 0.1) is 0 Å². The Morgan fingerprint density at radius 3 is 1.45 bits per heavy atom. The second kappa shape index (κ2) is 6.34. The maximum Gasteiger partial charge on any atom is 0.0718 e. The van der Waals surface area contributed by atoms with Crippen molar-refractivity contribution in [1.82, 2.24) is 0 Å². The topological polar surface area (TPSA) is 0 Å². The van der Waals surface area contributed by atoms with Gasteiger partial charge in [0.2, 0.25) is 0 Å². The zero-order valence-corrected chi connectivity index (χ0v) is 17.2. The lowest BCUT2D eigenvalue weighted by molar-refractivity contribution is 1.41. The van der Waals surface area contributed by atoms with Gasteiger partial charge >= 0.3 is 0 Å². The summed E-state index contributed by atoms with van der Waals surface area (Å²) in [7, 11) is 0. The molecule has 0 amide bonds. The van der Waals surface area contributed by atoms with E-state index >= 15 is 0 Å². The number of hydrogen-bond donors (Lipinski definition) is 0. The molecule has 4 rings (SSSR count). The Hall–Kier alpha value is 1.76. The lowest BCUT2D eigenvalue weighted by Gasteiger charge is -2.08. The molecule has 0 N–H and O–H groups in total. The van der Waals surface area contributed by atoms with Crippen LogP contribution in [0.15, 0.2) is 35.2 Å². The first kappa shape index (κ1) is 15.3. The SMILES string of the molecule is CC(C)=C1SC2=C(S1)SC(=C1SC3=C(SCCS3)S1)S2. The number of thioether (sulfide) groups is 8. The van der Waals surface area contributed by atoms with Crippen molar-refractivity contribution in [3.8, 4) is 0 Å². The fraction of sp³-hybridized carbons (Fsp3) is 0.333. The zero-order valence-electron chi connectivity index (χ0n) is 10.7. The molecule has 0 aromatic heterocycles. The number of rotatable bonds is 0. The summed E-state index contributed by atoms with van der Waals surface area (Å²) in [6.07, 6.45) is 0. The summed E-state index contributed by atoms with van der Waals surface area (Å²) >= 11 is 16.0. The fourth-order valence-corrected chi connectivity index (χ4v) is 14.2. The molecule has 0 aliphatic carbocycles. The second-order valence-electron chi connectivity index (χ2n) is 4.32. The van der Waals surface area contributed by atoms with Gasteiger partial charge in [0.05, 0.1) is 25.4 Å². The molecular weight excluding hydrogens is 401 g/mol. The molecule has 0 saturated carbocycles. The largest absolute Gasteiger partial charge is 0.116 e. The van der Waals surface area contributed by atoms with E-state index < -0.39 is 0 Å². The van der Waals surface area contributed by atoms with Crippen LogP contribution in [0.25, 0.3) is 0 Å². The number of allylic oxidation sites excluding steroid dienone is 1. The molecule has 0 spiro atoms. The maximum absolute atomic E-state index is 2.21. The van der Waals surface area contributed by atoms with Gasteiger partial charge in [-0.25, -0.2) is 0 Å². The highest BCUT2D eigenvalue weighted by Crippen LogP contribution is 2.71. The smallest absolute Gasteiger partial charge is 0.0718 e. The van der Waals surface area contributed by atoms with Gasteiger partial charge in [-0.3, -0.25) is 0 Å². The zero-order chi connectivity index (χ0) is 13.7. The van der Waals surface area contributed by atoms with Gasteiger partial charge in [0.15, 0.2) is 0 Å². The predicted octanol–water partition coefficient (Wildman–Crippen LogP) is 7.54. The molecule has 20 heavy (non-hydrogen) atoms. The Balaban J connectivity index is 1.50. The highest BCUT2D eigenvalue weighted by Gasteiger charge is 2.35. The average Bonchev–Trinajstić information content (AvgIpc) is 3.09. The Labute approximate surface area is 153 Å². The molecule has 4 aliphatic heterocycles. The normalized spacial score (nSPS) is 25.8. The molecule has 0 fully saturated rings. The molecule has 0 nitrogen and oxygen atoms in total. The summed E-state index contributed by atoms with van der Waals surface area (Å²) in [6, 6.07) is 0. The molecule has 4 heterocycles. The maximum atomic E-state index is 2.21. The van der Waals surface area contributed by atoms with Gasteiger partial charge in [0.25, 0.3) is 0 Å². The molecule has 0 aromatic carbocycles.